The van der Waals surface area contributed by atoms with Gasteiger partial charge < -0.3 is 15.0 Å². The Morgan fingerprint density at radius 3 is 2.57 bits per heavy atom. The van der Waals surface area contributed by atoms with Crippen LogP contribution in [0.1, 0.15) is 69.2 Å². The van der Waals surface area contributed by atoms with Crippen LogP contribution in [0.15, 0.2) is 42.5 Å². The molecular formula is C26H36N2O2. The first-order valence-electron chi connectivity index (χ1n) is 11.2. The molecule has 0 saturated carbocycles. The van der Waals surface area contributed by atoms with Crippen LogP contribution in [0.25, 0.3) is 0 Å². The highest BCUT2D eigenvalue weighted by Gasteiger charge is 2.17. The molecule has 0 aromatic heterocycles. The maximum Gasteiger partial charge on any atom is 0.258 e. The fourth-order valence-corrected chi connectivity index (χ4v) is 4.15. The van der Waals surface area contributed by atoms with E-state index in [1.807, 2.05) is 19.9 Å². The van der Waals surface area contributed by atoms with E-state index in [-0.39, 0.29) is 18.6 Å². The van der Waals surface area contributed by atoms with Gasteiger partial charge in [-0.25, -0.2) is 0 Å². The minimum atomic E-state index is -0.104. The molecular weight excluding hydrogens is 372 g/mol. The lowest BCUT2D eigenvalue weighted by atomic mass is 9.99. The Labute approximate surface area is 181 Å². The first-order valence-corrected chi connectivity index (χ1v) is 11.2. The molecule has 1 N–H and O–H groups in total. The van der Waals surface area contributed by atoms with E-state index in [4.69, 9.17) is 4.74 Å². The molecule has 2 atom stereocenters. The van der Waals surface area contributed by atoms with Crippen molar-refractivity contribution in [1.29, 1.82) is 0 Å². The van der Waals surface area contributed by atoms with Crippen molar-refractivity contribution in [2.45, 2.75) is 59.4 Å². The smallest absolute Gasteiger partial charge is 0.258 e. The van der Waals surface area contributed by atoms with Gasteiger partial charge in [-0.1, -0.05) is 45.0 Å². The van der Waals surface area contributed by atoms with Gasteiger partial charge in [-0.05, 0) is 73.4 Å². The molecule has 2 aromatic carbocycles. The van der Waals surface area contributed by atoms with Gasteiger partial charge in [0.15, 0.2) is 6.61 Å². The molecule has 0 unspecified atom stereocenters. The van der Waals surface area contributed by atoms with Crippen molar-refractivity contribution in [2.24, 2.45) is 5.92 Å². The third-order valence-electron chi connectivity index (χ3n) is 5.94. The molecule has 0 aliphatic carbocycles. The molecule has 3 rings (SSSR count). The summed E-state index contributed by atoms with van der Waals surface area (Å²) in [4.78, 5) is 14.9. The van der Waals surface area contributed by atoms with Gasteiger partial charge in [0.05, 0.1) is 6.04 Å². The predicted molar refractivity (Wildman–Crippen MR) is 124 cm³/mol. The fraction of sp³-hybridized carbons (Fsp3) is 0.500. The lowest BCUT2D eigenvalue weighted by Gasteiger charge is -2.33. The Kier molecular flexibility index (Phi) is 7.41. The molecule has 0 spiro atoms. The Morgan fingerprint density at radius 2 is 1.90 bits per heavy atom. The summed E-state index contributed by atoms with van der Waals surface area (Å²) in [6.45, 7) is 12.9. The molecule has 162 valence electrons. The number of hydrogen-bond acceptors (Lipinski definition) is 3. The van der Waals surface area contributed by atoms with E-state index in [9.17, 15) is 4.79 Å². The van der Waals surface area contributed by atoms with Gasteiger partial charge in [-0.3, -0.25) is 4.79 Å². The zero-order chi connectivity index (χ0) is 21.7. The minimum absolute atomic E-state index is 0.0251. The number of benzene rings is 2. The summed E-state index contributed by atoms with van der Waals surface area (Å²) in [5.74, 6) is 1.80. The van der Waals surface area contributed by atoms with E-state index in [1.54, 1.807) is 0 Å². The predicted octanol–water partition coefficient (Wildman–Crippen LogP) is 5.61. The number of piperidine rings is 1. The average molecular weight is 409 g/mol. The number of nitrogens with one attached hydrogen (secondary N) is 1. The van der Waals surface area contributed by atoms with E-state index in [0.717, 1.165) is 41.4 Å². The van der Waals surface area contributed by atoms with Crippen molar-refractivity contribution in [3.63, 3.8) is 0 Å². The van der Waals surface area contributed by atoms with Crippen LogP contribution in [0.5, 0.6) is 5.75 Å². The summed E-state index contributed by atoms with van der Waals surface area (Å²) in [5, 5.41) is 3.06. The second-order valence-electron chi connectivity index (χ2n) is 9.06. The normalized spacial score (nSPS) is 17.7. The third-order valence-corrected chi connectivity index (χ3v) is 5.94. The number of carbonyl (C=O) groups excluding carboxylic acids is 1. The Hall–Kier alpha value is -2.49. The van der Waals surface area contributed by atoms with E-state index in [2.05, 4.69) is 67.4 Å². The number of rotatable bonds is 7. The number of aryl methyl sites for hydroxylation is 1. The lowest BCUT2D eigenvalue weighted by Crippen LogP contribution is -2.34. The fourth-order valence-electron chi connectivity index (χ4n) is 4.15. The van der Waals surface area contributed by atoms with Crippen LogP contribution in [0.4, 0.5) is 5.69 Å². The van der Waals surface area contributed by atoms with Gasteiger partial charge in [-0.2, -0.15) is 0 Å². The van der Waals surface area contributed by atoms with Crippen molar-refractivity contribution in [2.75, 3.05) is 24.6 Å². The summed E-state index contributed by atoms with van der Waals surface area (Å²) in [7, 11) is 0. The average Bonchev–Trinajstić information content (AvgIpc) is 2.72. The molecule has 0 bridgehead atoms. The first kappa shape index (κ1) is 22.2. The highest BCUT2D eigenvalue weighted by atomic mass is 16.5. The molecule has 1 saturated heterocycles. The van der Waals surface area contributed by atoms with Gasteiger partial charge in [0.25, 0.3) is 5.91 Å². The number of nitrogens with zero attached hydrogens (tertiary/aromatic N) is 1. The van der Waals surface area contributed by atoms with Crippen LogP contribution in [-0.4, -0.2) is 25.6 Å². The number of amides is 1. The molecule has 1 amide bonds. The molecule has 4 nitrogen and oxygen atoms in total. The summed E-state index contributed by atoms with van der Waals surface area (Å²) >= 11 is 0. The van der Waals surface area contributed by atoms with Crippen LogP contribution >= 0.6 is 0 Å². The second-order valence-corrected chi connectivity index (χ2v) is 9.06. The summed E-state index contributed by atoms with van der Waals surface area (Å²) in [6.07, 6.45) is 2.58. The van der Waals surface area contributed by atoms with E-state index < -0.39 is 0 Å². The highest BCUT2D eigenvalue weighted by molar-refractivity contribution is 5.78. The van der Waals surface area contributed by atoms with Gasteiger partial charge >= 0.3 is 0 Å². The topological polar surface area (TPSA) is 41.6 Å². The van der Waals surface area contributed by atoms with Crippen LogP contribution in [0.2, 0.25) is 0 Å². The molecule has 1 aliphatic rings. The molecule has 2 aromatic rings. The van der Waals surface area contributed by atoms with E-state index >= 15 is 0 Å². The molecule has 1 fully saturated rings. The van der Waals surface area contributed by atoms with Crippen LogP contribution in [0, 0.1) is 12.8 Å². The monoisotopic (exact) mass is 408 g/mol. The van der Waals surface area contributed by atoms with Crippen LogP contribution in [0.3, 0.4) is 0 Å². The lowest BCUT2D eigenvalue weighted by molar-refractivity contribution is -0.123. The van der Waals surface area contributed by atoms with Crippen molar-refractivity contribution in [1.82, 2.24) is 5.32 Å². The second kappa shape index (κ2) is 10.0. The summed E-state index contributed by atoms with van der Waals surface area (Å²) < 4.78 is 5.87. The van der Waals surface area contributed by atoms with Crippen LogP contribution in [-0.2, 0) is 4.79 Å². The molecule has 1 heterocycles. The molecule has 0 radical (unpaired) electrons. The zero-order valence-electron chi connectivity index (χ0n) is 19.1. The Balaban J connectivity index is 1.55. The Bertz CT molecular complexity index is 845. The van der Waals surface area contributed by atoms with Gasteiger partial charge in [-0.15, -0.1) is 0 Å². The van der Waals surface area contributed by atoms with Gasteiger partial charge in [0.2, 0.25) is 0 Å². The van der Waals surface area contributed by atoms with Gasteiger partial charge in [0, 0.05) is 18.8 Å². The molecule has 30 heavy (non-hydrogen) atoms. The van der Waals surface area contributed by atoms with Crippen molar-refractivity contribution < 1.29 is 9.53 Å². The quantitative estimate of drug-likeness (QED) is 0.647. The van der Waals surface area contributed by atoms with E-state index in [1.165, 1.54) is 18.5 Å². The third kappa shape index (κ3) is 5.78. The number of hydrogen-bond donors (Lipinski definition) is 1. The van der Waals surface area contributed by atoms with Crippen molar-refractivity contribution >= 4 is 11.6 Å². The number of ether oxygens (including phenoxy) is 1. The number of carbonyl (C=O) groups is 1. The van der Waals surface area contributed by atoms with Crippen LogP contribution < -0.4 is 15.0 Å². The van der Waals surface area contributed by atoms with Crippen molar-refractivity contribution in [3.05, 3.63) is 59.2 Å². The first-order chi connectivity index (χ1) is 14.3. The maximum absolute atomic E-state index is 12.5. The SMILES string of the molecule is Cc1ccc(C(C)C)c(OCC(=O)N[C@@H](C)c2ccc(N3CCC[C@@H](C)C3)cc2)c1. The summed E-state index contributed by atoms with van der Waals surface area (Å²) in [6, 6.07) is 14.7. The number of anilines is 1. The summed E-state index contributed by atoms with van der Waals surface area (Å²) in [5.41, 5.74) is 4.64. The molecule has 4 heteroatoms. The maximum atomic E-state index is 12.5. The Morgan fingerprint density at radius 1 is 1.17 bits per heavy atom. The van der Waals surface area contributed by atoms with Crippen molar-refractivity contribution in [3.8, 4) is 5.75 Å². The minimum Gasteiger partial charge on any atom is -0.483 e. The standard InChI is InChI=1S/C26H36N2O2/c1-18(2)24-13-8-19(3)15-25(24)30-17-26(29)27-21(5)22-9-11-23(12-10-22)28-14-6-7-20(4)16-28/h8-13,15,18,20-21H,6-7,14,16-17H2,1-5H3,(H,27,29)/t20-,21+/m1/s1. The largest absolute Gasteiger partial charge is 0.483 e. The highest BCUT2D eigenvalue weighted by Crippen LogP contribution is 2.28. The van der Waals surface area contributed by atoms with E-state index in [0.29, 0.717) is 5.92 Å². The molecule has 1 aliphatic heterocycles. The zero-order valence-corrected chi connectivity index (χ0v) is 19.1. The van der Waals surface area contributed by atoms with Gasteiger partial charge in [0.1, 0.15) is 5.75 Å².